The van der Waals surface area contributed by atoms with Crippen LogP contribution in [0, 0.1) is 0 Å². The molecule has 0 spiro atoms. The first kappa shape index (κ1) is 12.5. The number of benzene rings is 2. The minimum atomic E-state index is 0.0958. The zero-order valence-electron chi connectivity index (χ0n) is 11.7. The highest BCUT2D eigenvalue weighted by atomic mass is 15.2. The van der Waals surface area contributed by atoms with Gasteiger partial charge in [0.2, 0.25) is 0 Å². The van der Waals surface area contributed by atoms with Gasteiger partial charge in [0.05, 0.1) is 6.04 Å². The molecular weight excluding hydrogens is 258 g/mol. The van der Waals surface area contributed by atoms with Crippen molar-refractivity contribution in [1.82, 2.24) is 10.4 Å². The monoisotopic (exact) mass is 275 g/mol. The average Bonchev–Trinajstić information content (AvgIpc) is 2.52. The van der Waals surface area contributed by atoms with E-state index in [9.17, 15) is 0 Å². The molecule has 0 radical (unpaired) electrons. The van der Waals surface area contributed by atoms with Crippen molar-refractivity contribution in [3.05, 3.63) is 77.6 Å². The lowest BCUT2D eigenvalue weighted by atomic mass is 9.71. The number of fused-ring (bicyclic) bond motifs is 2. The second kappa shape index (κ2) is 4.95. The maximum Gasteiger partial charge on any atom is 0.0553 e. The summed E-state index contributed by atoms with van der Waals surface area (Å²) in [5.41, 5.74) is 7.01. The summed E-state index contributed by atoms with van der Waals surface area (Å²) in [5, 5.41) is 2.38. The van der Waals surface area contributed by atoms with Crippen LogP contribution in [0.4, 0.5) is 0 Å². The Kier molecular flexibility index (Phi) is 2.95. The molecule has 2 unspecified atom stereocenters. The molecule has 1 aliphatic rings. The Labute approximate surface area is 123 Å². The second-order valence-electron chi connectivity index (χ2n) is 5.60. The molecule has 0 fully saturated rings. The van der Waals surface area contributed by atoms with Gasteiger partial charge in [0, 0.05) is 23.7 Å². The summed E-state index contributed by atoms with van der Waals surface area (Å²) in [5.74, 6) is 6.30. The molecule has 3 heteroatoms. The lowest BCUT2D eigenvalue weighted by Crippen LogP contribution is -2.37. The van der Waals surface area contributed by atoms with Crippen LogP contribution in [-0.4, -0.2) is 4.98 Å². The summed E-state index contributed by atoms with van der Waals surface area (Å²) >= 11 is 0. The van der Waals surface area contributed by atoms with E-state index in [0.717, 1.165) is 11.8 Å². The van der Waals surface area contributed by atoms with Gasteiger partial charge in [-0.1, -0.05) is 48.5 Å². The SMILES string of the molecule is NNC(c1cncc2ccccc12)C1Cc2ccccc21. The van der Waals surface area contributed by atoms with Crippen LogP contribution < -0.4 is 11.3 Å². The largest absolute Gasteiger partial charge is 0.271 e. The van der Waals surface area contributed by atoms with Crippen molar-refractivity contribution >= 4 is 10.8 Å². The summed E-state index contributed by atoms with van der Waals surface area (Å²) in [6.07, 6.45) is 4.91. The predicted octanol–water partition coefficient (Wildman–Crippen LogP) is 3.08. The second-order valence-corrected chi connectivity index (χ2v) is 5.60. The fourth-order valence-corrected chi connectivity index (χ4v) is 3.41. The summed E-state index contributed by atoms with van der Waals surface area (Å²) < 4.78 is 0. The molecular formula is C18H17N3. The normalized spacial score (nSPS) is 18.0. The molecule has 0 aliphatic heterocycles. The lowest BCUT2D eigenvalue weighted by Gasteiger charge is -2.36. The molecule has 104 valence electrons. The third kappa shape index (κ3) is 1.94. The zero-order valence-corrected chi connectivity index (χ0v) is 11.7. The smallest absolute Gasteiger partial charge is 0.0553 e. The summed E-state index contributed by atoms with van der Waals surface area (Å²) in [6, 6.07) is 17.0. The van der Waals surface area contributed by atoms with Crippen LogP contribution >= 0.6 is 0 Å². The molecule has 1 aromatic heterocycles. The summed E-state index contributed by atoms with van der Waals surface area (Å²) in [4.78, 5) is 4.38. The van der Waals surface area contributed by atoms with Crippen molar-refractivity contribution < 1.29 is 0 Å². The molecule has 1 aliphatic carbocycles. The summed E-state index contributed by atoms with van der Waals surface area (Å²) in [6.45, 7) is 0. The number of rotatable bonds is 3. The Morgan fingerprint density at radius 2 is 1.86 bits per heavy atom. The number of aromatic nitrogens is 1. The van der Waals surface area contributed by atoms with Gasteiger partial charge in [-0.25, -0.2) is 0 Å². The van der Waals surface area contributed by atoms with Gasteiger partial charge in [-0.05, 0) is 28.5 Å². The predicted molar refractivity (Wildman–Crippen MR) is 84.7 cm³/mol. The van der Waals surface area contributed by atoms with E-state index in [1.807, 2.05) is 18.5 Å². The van der Waals surface area contributed by atoms with Crippen LogP contribution in [-0.2, 0) is 6.42 Å². The highest BCUT2D eigenvalue weighted by Gasteiger charge is 2.33. The Bertz CT molecular complexity index is 792. The van der Waals surface area contributed by atoms with Crippen LogP contribution in [0.3, 0.4) is 0 Å². The molecule has 2 atom stereocenters. The van der Waals surface area contributed by atoms with Gasteiger partial charge in [-0.3, -0.25) is 16.3 Å². The van der Waals surface area contributed by atoms with E-state index < -0.39 is 0 Å². The van der Waals surface area contributed by atoms with Crippen LogP contribution in [0.5, 0.6) is 0 Å². The van der Waals surface area contributed by atoms with Crippen molar-refractivity contribution in [1.29, 1.82) is 0 Å². The number of nitrogens with zero attached hydrogens (tertiary/aromatic N) is 1. The van der Waals surface area contributed by atoms with Gasteiger partial charge >= 0.3 is 0 Å². The fraction of sp³-hybridized carbons (Fsp3) is 0.167. The van der Waals surface area contributed by atoms with Crippen LogP contribution in [0.15, 0.2) is 60.9 Å². The minimum Gasteiger partial charge on any atom is -0.271 e. The third-order valence-corrected chi connectivity index (χ3v) is 4.51. The van der Waals surface area contributed by atoms with Crippen molar-refractivity contribution in [2.45, 2.75) is 18.4 Å². The van der Waals surface area contributed by atoms with Gasteiger partial charge in [0.15, 0.2) is 0 Å². The maximum absolute atomic E-state index is 5.89. The van der Waals surface area contributed by atoms with Crippen LogP contribution in [0.2, 0.25) is 0 Å². The first-order valence-electron chi connectivity index (χ1n) is 7.25. The summed E-state index contributed by atoms with van der Waals surface area (Å²) in [7, 11) is 0. The molecule has 0 saturated heterocycles. The van der Waals surface area contributed by atoms with E-state index in [1.54, 1.807) is 0 Å². The first-order chi connectivity index (χ1) is 10.4. The number of hydrazine groups is 1. The van der Waals surface area contributed by atoms with Crippen molar-refractivity contribution in [2.24, 2.45) is 5.84 Å². The third-order valence-electron chi connectivity index (χ3n) is 4.51. The van der Waals surface area contributed by atoms with E-state index >= 15 is 0 Å². The zero-order chi connectivity index (χ0) is 14.2. The topological polar surface area (TPSA) is 50.9 Å². The van der Waals surface area contributed by atoms with E-state index in [-0.39, 0.29) is 6.04 Å². The minimum absolute atomic E-state index is 0.0958. The number of hydrogen-bond donors (Lipinski definition) is 2. The Hall–Kier alpha value is -2.23. The Balaban J connectivity index is 1.80. The highest BCUT2D eigenvalue weighted by Crippen LogP contribution is 2.44. The van der Waals surface area contributed by atoms with Crippen molar-refractivity contribution in [3.8, 4) is 0 Å². The number of pyridine rings is 1. The molecule has 21 heavy (non-hydrogen) atoms. The average molecular weight is 275 g/mol. The number of hydrogen-bond acceptors (Lipinski definition) is 3. The fourth-order valence-electron chi connectivity index (χ4n) is 3.41. The van der Waals surface area contributed by atoms with E-state index in [0.29, 0.717) is 5.92 Å². The van der Waals surface area contributed by atoms with Gasteiger partial charge in [0.1, 0.15) is 0 Å². The molecule has 3 aromatic rings. The van der Waals surface area contributed by atoms with E-state index in [2.05, 4.69) is 52.9 Å². The quantitative estimate of drug-likeness (QED) is 0.570. The van der Waals surface area contributed by atoms with Gasteiger partial charge < -0.3 is 0 Å². The molecule has 3 N–H and O–H groups in total. The van der Waals surface area contributed by atoms with Crippen LogP contribution in [0.1, 0.15) is 28.7 Å². The van der Waals surface area contributed by atoms with Crippen molar-refractivity contribution in [2.75, 3.05) is 0 Å². The van der Waals surface area contributed by atoms with Gasteiger partial charge in [0.25, 0.3) is 0 Å². The van der Waals surface area contributed by atoms with E-state index in [4.69, 9.17) is 5.84 Å². The lowest BCUT2D eigenvalue weighted by molar-refractivity contribution is 0.420. The molecule has 0 bridgehead atoms. The number of nitrogens with two attached hydrogens (primary N) is 1. The molecule has 0 saturated carbocycles. The van der Waals surface area contributed by atoms with Gasteiger partial charge in [-0.15, -0.1) is 0 Å². The maximum atomic E-state index is 5.89. The molecule has 2 aromatic carbocycles. The van der Waals surface area contributed by atoms with E-state index in [1.165, 1.54) is 22.1 Å². The molecule has 3 nitrogen and oxygen atoms in total. The number of nitrogens with one attached hydrogen (secondary N) is 1. The van der Waals surface area contributed by atoms with Crippen molar-refractivity contribution in [3.63, 3.8) is 0 Å². The molecule has 0 amide bonds. The van der Waals surface area contributed by atoms with Crippen LogP contribution in [0.25, 0.3) is 10.8 Å². The molecule has 4 rings (SSSR count). The Morgan fingerprint density at radius 1 is 1.05 bits per heavy atom. The molecule has 1 heterocycles. The highest BCUT2D eigenvalue weighted by molar-refractivity contribution is 5.85. The first-order valence-corrected chi connectivity index (χ1v) is 7.25. The van der Waals surface area contributed by atoms with Gasteiger partial charge in [-0.2, -0.15) is 0 Å². The standard InChI is InChI=1S/C18H17N3/c19-21-18(16-9-12-5-1-3-7-14(12)16)17-11-20-10-13-6-2-4-8-15(13)17/h1-8,10-11,16,18,21H,9,19H2. The Morgan fingerprint density at radius 3 is 2.71 bits per heavy atom.